The summed E-state index contributed by atoms with van der Waals surface area (Å²) in [4.78, 5) is 16.0. The zero-order valence-electron chi connectivity index (χ0n) is 15.6. The number of urea groups is 1. The molecule has 0 saturated heterocycles. The van der Waals surface area contributed by atoms with Crippen LogP contribution in [0.4, 0.5) is 16.2 Å². The molecule has 3 N–H and O–H groups in total. The van der Waals surface area contributed by atoms with Crippen molar-refractivity contribution in [1.82, 2.24) is 10.3 Å². The smallest absolute Gasteiger partial charge is 0.319 e. The third-order valence-electron chi connectivity index (χ3n) is 3.94. The lowest BCUT2D eigenvalue weighted by Gasteiger charge is -2.10. The lowest BCUT2D eigenvalue weighted by atomic mass is 10.3. The van der Waals surface area contributed by atoms with E-state index in [1.807, 2.05) is 6.07 Å². The van der Waals surface area contributed by atoms with E-state index in [1.165, 1.54) is 31.4 Å². The molecular formula is C20H20N4O4S. The van der Waals surface area contributed by atoms with E-state index in [9.17, 15) is 13.2 Å². The molecule has 0 atom stereocenters. The molecule has 1 heterocycles. The van der Waals surface area contributed by atoms with Crippen molar-refractivity contribution in [2.45, 2.75) is 11.4 Å². The molecule has 0 radical (unpaired) electrons. The molecule has 0 saturated carbocycles. The van der Waals surface area contributed by atoms with Crippen LogP contribution in [0.15, 0.2) is 78.0 Å². The zero-order chi connectivity index (χ0) is 20.7. The number of hydrogen-bond donors (Lipinski definition) is 3. The standard InChI is InChI=1S/C20H20N4O4S/c1-28-18-8-4-17(5-9-18)24-29(26,27)19-10-6-16(7-11-19)23-20(25)22-14-15-3-2-12-21-13-15/h2-13,24H,14H2,1H3,(H2,22,23,25). The predicted octanol–water partition coefficient (Wildman–Crippen LogP) is 3.21. The maximum atomic E-state index is 12.5. The molecule has 9 heteroatoms. The Kier molecular flexibility index (Phi) is 6.30. The van der Waals surface area contributed by atoms with Gasteiger partial charge in [-0.1, -0.05) is 6.07 Å². The van der Waals surface area contributed by atoms with Gasteiger partial charge in [-0.15, -0.1) is 0 Å². The number of sulfonamides is 1. The number of nitrogens with one attached hydrogen (secondary N) is 3. The van der Waals surface area contributed by atoms with Crippen molar-refractivity contribution in [2.24, 2.45) is 0 Å². The van der Waals surface area contributed by atoms with Gasteiger partial charge in [-0.05, 0) is 60.2 Å². The van der Waals surface area contributed by atoms with Gasteiger partial charge in [-0.3, -0.25) is 9.71 Å². The van der Waals surface area contributed by atoms with Gasteiger partial charge in [0.05, 0.1) is 12.0 Å². The first kappa shape index (κ1) is 20.2. The SMILES string of the molecule is COc1ccc(NS(=O)(=O)c2ccc(NC(=O)NCc3cccnc3)cc2)cc1. The Morgan fingerprint density at radius 3 is 2.31 bits per heavy atom. The van der Waals surface area contributed by atoms with E-state index >= 15 is 0 Å². The predicted molar refractivity (Wildman–Crippen MR) is 110 cm³/mol. The van der Waals surface area contributed by atoms with Crippen LogP contribution in [0.1, 0.15) is 5.56 Å². The van der Waals surface area contributed by atoms with Gasteiger partial charge < -0.3 is 15.4 Å². The molecule has 2 aromatic carbocycles. The highest BCUT2D eigenvalue weighted by Crippen LogP contribution is 2.20. The Hall–Kier alpha value is -3.59. The molecule has 0 spiro atoms. The minimum Gasteiger partial charge on any atom is -0.497 e. The average Bonchev–Trinajstić information content (AvgIpc) is 2.74. The summed E-state index contributed by atoms with van der Waals surface area (Å²) < 4.78 is 32.5. The van der Waals surface area contributed by atoms with E-state index < -0.39 is 16.1 Å². The van der Waals surface area contributed by atoms with Crippen LogP contribution in [0.25, 0.3) is 0 Å². The van der Waals surface area contributed by atoms with Crippen LogP contribution < -0.4 is 20.1 Å². The lowest BCUT2D eigenvalue weighted by Crippen LogP contribution is -2.28. The number of amides is 2. The van der Waals surface area contributed by atoms with Crippen LogP contribution in [0, 0.1) is 0 Å². The maximum absolute atomic E-state index is 12.5. The molecule has 1 aromatic heterocycles. The fourth-order valence-corrected chi connectivity index (χ4v) is 3.51. The number of anilines is 2. The van der Waals surface area contributed by atoms with Crippen molar-refractivity contribution >= 4 is 27.4 Å². The van der Waals surface area contributed by atoms with E-state index in [2.05, 4.69) is 20.3 Å². The molecule has 0 unspecified atom stereocenters. The van der Waals surface area contributed by atoms with E-state index in [0.717, 1.165) is 5.56 Å². The molecule has 8 nitrogen and oxygen atoms in total. The van der Waals surface area contributed by atoms with Gasteiger partial charge in [0, 0.05) is 30.3 Å². The van der Waals surface area contributed by atoms with Gasteiger partial charge in [0.2, 0.25) is 0 Å². The van der Waals surface area contributed by atoms with Crippen LogP contribution >= 0.6 is 0 Å². The maximum Gasteiger partial charge on any atom is 0.319 e. The minimum absolute atomic E-state index is 0.0784. The first-order valence-corrected chi connectivity index (χ1v) is 10.2. The third kappa shape index (κ3) is 5.69. The summed E-state index contributed by atoms with van der Waals surface area (Å²) in [5.74, 6) is 0.630. The first-order chi connectivity index (χ1) is 14.0. The molecule has 0 aliphatic carbocycles. The lowest BCUT2D eigenvalue weighted by molar-refractivity contribution is 0.251. The van der Waals surface area contributed by atoms with Crippen LogP contribution in [-0.2, 0) is 16.6 Å². The fraction of sp³-hybridized carbons (Fsp3) is 0.100. The number of nitrogens with zero attached hydrogens (tertiary/aromatic N) is 1. The van der Waals surface area contributed by atoms with Gasteiger partial charge in [0.1, 0.15) is 5.75 Å². The van der Waals surface area contributed by atoms with Crippen molar-refractivity contribution in [2.75, 3.05) is 17.1 Å². The number of carbonyl (C=O) groups is 1. The van der Waals surface area contributed by atoms with Crippen LogP contribution in [0.2, 0.25) is 0 Å². The summed E-state index contributed by atoms with van der Waals surface area (Å²) in [6.07, 6.45) is 3.32. The minimum atomic E-state index is -3.75. The normalized spacial score (nSPS) is 10.8. The Labute approximate surface area is 169 Å². The Morgan fingerprint density at radius 1 is 1.00 bits per heavy atom. The van der Waals surface area contributed by atoms with E-state index in [1.54, 1.807) is 42.7 Å². The fourth-order valence-electron chi connectivity index (χ4n) is 2.45. The second-order valence-electron chi connectivity index (χ2n) is 6.03. The molecule has 3 rings (SSSR count). The number of pyridine rings is 1. The Morgan fingerprint density at radius 2 is 1.69 bits per heavy atom. The van der Waals surface area contributed by atoms with Crippen molar-refractivity contribution in [3.63, 3.8) is 0 Å². The number of carbonyl (C=O) groups excluding carboxylic acids is 1. The van der Waals surface area contributed by atoms with E-state index in [-0.39, 0.29) is 4.90 Å². The summed E-state index contributed by atoms with van der Waals surface area (Å²) in [5, 5.41) is 5.36. The highest BCUT2D eigenvalue weighted by atomic mass is 32.2. The number of benzene rings is 2. The van der Waals surface area contributed by atoms with Gasteiger partial charge in [0.25, 0.3) is 10.0 Å². The number of ether oxygens (including phenoxy) is 1. The van der Waals surface area contributed by atoms with Crippen molar-refractivity contribution < 1.29 is 17.9 Å². The highest BCUT2D eigenvalue weighted by molar-refractivity contribution is 7.92. The highest BCUT2D eigenvalue weighted by Gasteiger charge is 2.14. The van der Waals surface area contributed by atoms with Gasteiger partial charge in [-0.25, -0.2) is 13.2 Å². The van der Waals surface area contributed by atoms with Crippen molar-refractivity contribution in [3.05, 3.63) is 78.6 Å². The van der Waals surface area contributed by atoms with E-state index in [0.29, 0.717) is 23.7 Å². The van der Waals surface area contributed by atoms with Gasteiger partial charge in [-0.2, -0.15) is 0 Å². The number of rotatable bonds is 7. The molecule has 0 aliphatic heterocycles. The molecule has 0 fully saturated rings. The molecular weight excluding hydrogens is 392 g/mol. The molecule has 0 bridgehead atoms. The van der Waals surface area contributed by atoms with E-state index in [4.69, 9.17) is 4.74 Å². The second-order valence-corrected chi connectivity index (χ2v) is 7.71. The summed E-state index contributed by atoms with van der Waals surface area (Å²) in [6.45, 7) is 0.331. The second kappa shape index (κ2) is 9.07. The molecule has 29 heavy (non-hydrogen) atoms. The summed E-state index contributed by atoms with van der Waals surface area (Å²) in [6, 6.07) is 15.7. The number of aromatic nitrogens is 1. The molecule has 2 amide bonds. The number of methoxy groups -OCH3 is 1. The van der Waals surface area contributed by atoms with Crippen LogP contribution in [0.3, 0.4) is 0 Å². The summed E-state index contributed by atoms with van der Waals surface area (Å²) in [5.41, 5.74) is 1.76. The molecule has 150 valence electrons. The van der Waals surface area contributed by atoms with Crippen LogP contribution in [0.5, 0.6) is 5.75 Å². The molecule has 3 aromatic rings. The Bertz CT molecular complexity index is 1050. The molecule has 0 aliphatic rings. The number of hydrogen-bond acceptors (Lipinski definition) is 5. The summed E-state index contributed by atoms with van der Waals surface area (Å²) >= 11 is 0. The first-order valence-electron chi connectivity index (χ1n) is 8.67. The van der Waals surface area contributed by atoms with Crippen molar-refractivity contribution in [1.29, 1.82) is 0 Å². The topological polar surface area (TPSA) is 109 Å². The summed E-state index contributed by atoms with van der Waals surface area (Å²) in [7, 11) is -2.21. The largest absolute Gasteiger partial charge is 0.497 e. The Balaban J connectivity index is 1.58. The third-order valence-corrected chi connectivity index (χ3v) is 5.34. The quantitative estimate of drug-likeness (QED) is 0.552. The van der Waals surface area contributed by atoms with Gasteiger partial charge >= 0.3 is 6.03 Å². The van der Waals surface area contributed by atoms with Gasteiger partial charge in [0.15, 0.2) is 0 Å². The monoisotopic (exact) mass is 412 g/mol. The average molecular weight is 412 g/mol. The van der Waals surface area contributed by atoms with Crippen LogP contribution in [-0.4, -0.2) is 26.5 Å². The zero-order valence-corrected chi connectivity index (χ0v) is 16.4. The van der Waals surface area contributed by atoms with Crippen molar-refractivity contribution in [3.8, 4) is 5.75 Å².